The fourth-order valence-electron chi connectivity index (χ4n) is 2.04. The number of carboxylic acids is 1. The molecule has 0 radical (unpaired) electrons. The van der Waals surface area contributed by atoms with E-state index in [0.29, 0.717) is 0 Å². The number of aliphatic carboxylic acids is 1. The highest BCUT2D eigenvalue weighted by Crippen LogP contribution is 2.34. The van der Waals surface area contributed by atoms with Crippen LogP contribution in [-0.4, -0.2) is 22.0 Å². The Labute approximate surface area is 141 Å². The predicted molar refractivity (Wildman–Crippen MR) is 88.3 cm³/mol. The number of hydrogen-bond donors (Lipinski definition) is 2. The zero-order valence-corrected chi connectivity index (χ0v) is 13.2. The number of halogens is 2. The lowest BCUT2D eigenvalue weighted by Crippen LogP contribution is -2.31. The van der Waals surface area contributed by atoms with Gasteiger partial charge in [-0.25, -0.2) is 4.79 Å². The Morgan fingerprint density at radius 3 is 2.39 bits per heavy atom. The van der Waals surface area contributed by atoms with Gasteiger partial charge in [0.15, 0.2) is 0 Å². The Bertz CT molecular complexity index is 738. The highest BCUT2D eigenvalue weighted by atomic mass is 35.5. The molecule has 6 nitrogen and oxygen atoms in total. The van der Waals surface area contributed by atoms with E-state index in [4.69, 9.17) is 23.2 Å². The molecule has 0 fully saturated rings. The first-order valence-electron chi connectivity index (χ1n) is 6.55. The second kappa shape index (κ2) is 7.30. The van der Waals surface area contributed by atoms with Gasteiger partial charge in [0.1, 0.15) is 11.7 Å². The monoisotopic (exact) mass is 354 g/mol. The standard InChI is InChI=1S/C15H12Cl2N2O4/c16-10-7-12(14(19(22)23)8-11(10)17)18-13(15(20)21)6-9-4-2-1-3-5-9/h1-5,7-8,13,18H,6H2,(H,20,21)/t13-/m0/s1. The number of rotatable bonds is 6. The molecule has 120 valence electrons. The highest BCUT2D eigenvalue weighted by molar-refractivity contribution is 6.42. The van der Waals surface area contributed by atoms with E-state index in [-0.39, 0.29) is 27.8 Å². The minimum absolute atomic E-state index is 0.00716. The van der Waals surface area contributed by atoms with Crippen molar-refractivity contribution in [2.75, 3.05) is 5.32 Å². The van der Waals surface area contributed by atoms with Gasteiger partial charge >= 0.3 is 5.97 Å². The van der Waals surface area contributed by atoms with Crippen molar-refractivity contribution >= 4 is 40.5 Å². The molecule has 0 unspecified atom stereocenters. The summed E-state index contributed by atoms with van der Waals surface area (Å²) in [6.45, 7) is 0. The lowest BCUT2D eigenvalue weighted by atomic mass is 10.1. The molecule has 0 aliphatic rings. The average Bonchev–Trinajstić information content (AvgIpc) is 2.50. The fourth-order valence-corrected chi connectivity index (χ4v) is 2.36. The topological polar surface area (TPSA) is 92.5 Å². The number of carbonyl (C=O) groups is 1. The van der Waals surface area contributed by atoms with Crippen LogP contribution in [0.15, 0.2) is 42.5 Å². The summed E-state index contributed by atoms with van der Waals surface area (Å²) in [7, 11) is 0. The lowest BCUT2D eigenvalue weighted by Gasteiger charge is -2.16. The molecule has 0 bridgehead atoms. The Hall–Kier alpha value is -2.31. The van der Waals surface area contributed by atoms with Crippen LogP contribution in [0, 0.1) is 10.1 Å². The quantitative estimate of drug-likeness (QED) is 0.603. The van der Waals surface area contributed by atoms with Gasteiger partial charge in [-0.1, -0.05) is 53.5 Å². The number of carboxylic acid groups (broad SMARTS) is 1. The van der Waals surface area contributed by atoms with Crippen molar-refractivity contribution in [1.82, 2.24) is 0 Å². The van der Waals surface area contributed by atoms with Gasteiger partial charge in [0.05, 0.1) is 15.0 Å². The molecule has 0 amide bonds. The number of nitro benzene ring substituents is 1. The van der Waals surface area contributed by atoms with Crippen LogP contribution in [0.25, 0.3) is 0 Å². The molecule has 8 heteroatoms. The molecule has 0 aliphatic carbocycles. The number of anilines is 1. The van der Waals surface area contributed by atoms with Gasteiger partial charge in [-0.15, -0.1) is 0 Å². The molecule has 23 heavy (non-hydrogen) atoms. The summed E-state index contributed by atoms with van der Waals surface area (Å²) in [6, 6.07) is 10.2. The second-order valence-electron chi connectivity index (χ2n) is 4.77. The van der Waals surface area contributed by atoms with E-state index in [9.17, 15) is 20.0 Å². The summed E-state index contributed by atoms with van der Waals surface area (Å²) in [6.07, 6.45) is 0.160. The third-order valence-corrected chi connectivity index (χ3v) is 3.87. The minimum atomic E-state index is -1.13. The molecule has 0 saturated heterocycles. The first-order chi connectivity index (χ1) is 10.9. The summed E-state index contributed by atoms with van der Waals surface area (Å²) in [5.74, 6) is -1.13. The molecule has 1 atom stereocenters. The van der Waals surface area contributed by atoms with E-state index >= 15 is 0 Å². The number of benzene rings is 2. The van der Waals surface area contributed by atoms with Crippen molar-refractivity contribution in [3.63, 3.8) is 0 Å². The van der Waals surface area contributed by atoms with E-state index in [0.717, 1.165) is 11.6 Å². The lowest BCUT2D eigenvalue weighted by molar-refractivity contribution is -0.384. The van der Waals surface area contributed by atoms with Gasteiger partial charge < -0.3 is 10.4 Å². The predicted octanol–water partition coefficient (Wildman–Crippen LogP) is 4.01. The Morgan fingerprint density at radius 2 is 1.83 bits per heavy atom. The van der Waals surface area contributed by atoms with Crippen LogP contribution >= 0.6 is 23.2 Å². The van der Waals surface area contributed by atoms with Gasteiger partial charge in [-0.2, -0.15) is 0 Å². The number of hydrogen-bond acceptors (Lipinski definition) is 4. The first kappa shape index (κ1) is 17.1. The van der Waals surface area contributed by atoms with Gasteiger partial charge in [0.2, 0.25) is 0 Å². The molecule has 2 N–H and O–H groups in total. The van der Waals surface area contributed by atoms with Crippen molar-refractivity contribution < 1.29 is 14.8 Å². The zero-order valence-electron chi connectivity index (χ0n) is 11.7. The largest absolute Gasteiger partial charge is 0.480 e. The van der Waals surface area contributed by atoms with E-state index in [1.807, 2.05) is 6.07 Å². The zero-order chi connectivity index (χ0) is 17.0. The summed E-state index contributed by atoms with van der Waals surface area (Å²) >= 11 is 11.6. The summed E-state index contributed by atoms with van der Waals surface area (Å²) in [5.41, 5.74) is 0.460. The highest BCUT2D eigenvalue weighted by Gasteiger charge is 2.23. The van der Waals surface area contributed by atoms with Crippen molar-refractivity contribution in [2.24, 2.45) is 0 Å². The Morgan fingerprint density at radius 1 is 1.22 bits per heavy atom. The number of nitro groups is 1. The second-order valence-corrected chi connectivity index (χ2v) is 5.58. The van der Waals surface area contributed by atoms with Crippen LogP contribution < -0.4 is 5.32 Å². The van der Waals surface area contributed by atoms with Gasteiger partial charge in [-0.05, 0) is 11.6 Å². The van der Waals surface area contributed by atoms with Gasteiger partial charge in [0, 0.05) is 12.5 Å². The molecule has 0 aromatic heterocycles. The van der Waals surface area contributed by atoms with Crippen molar-refractivity contribution in [2.45, 2.75) is 12.5 Å². The molecule has 0 heterocycles. The van der Waals surface area contributed by atoms with Crippen LogP contribution in [0.1, 0.15) is 5.56 Å². The van der Waals surface area contributed by atoms with Crippen LogP contribution in [0.2, 0.25) is 10.0 Å². The van der Waals surface area contributed by atoms with Crippen molar-refractivity contribution in [3.8, 4) is 0 Å². The van der Waals surface area contributed by atoms with Crippen LogP contribution in [0.5, 0.6) is 0 Å². The first-order valence-corrected chi connectivity index (χ1v) is 7.30. The van der Waals surface area contributed by atoms with Crippen molar-refractivity contribution in [1.29, 1.82) is 0 Å². The maximum Gasteiger partial charge on any atom is 0.326 e. The third-order valence-electron chi connectivity index (χ3n) is 3.15. The molecular formula is C15H12Cl2N2O4. The van der Waals surface area contributed by atoms with Gasteiger partial charge in [-0.3, -0.25) is 10.1 Å². The Kier molecular flexibility index (Phi) is 5.41. The molecule has 0 aliphatic heterocycles. The summed E-state index contributed by atoms with van der Waals surface area (Å²) in [4.78, 5) is 21.9. The van der Waals surface area contributed by atoms with E-state index in [1.54, 1.807) is 24.3 Å². The third kappa shape index (κ3) is 4.34. The number of nitrogens with zero attached hydrogens (tertiary/aromatic N) is 1. The van der Waals surface area contributed by atoms with Crippen LogP contribution in [0.4, 0.5) is 11.4 Å². The Balaban J connectivity index is 2.32. The van der Waals surface area contributed by atoms with Crippen LogP contribution in [-0.2, 0) is 11.2 Å². The molecule has 0 saturated carbocycles. The molecular weight excluding hydrogens is 343 g/mol. The maximum absolute atomic E-state index is 11.4. The van der Waals surface area contributed by atoms with Crippen LogP contribution in [0.3, 0.4) is 0 Å². The summed E-state index contributed by atoms with van der Waals surface area (Å²) < 4.78 is 0. The van der Waals surface area contributed by atoms with E-state index in [2.05, 4.69) is 5.32 Å². The average molecular weight is 355 g/mol. The molecule has 2 rings (SSSR count). The molecule has 2 aromatic carbocycles. The maximum atomic E-state index is 11.4. The normalized spacial score (nSPS) is 11.7. The van der Waals surface area contributed by atoms with E-state index < -0.39 is 16.9 Å². The SMILES string of the molecule is O=C(O)[C@H](Cc1ccccc1)Nc1cc(Cl)c(Cl)cc1[N+](=O)[O-]. The number of nitrogens with one attached hydrogen (secondary N) is 1. The molecule has 0 spiro atoms. The minimum Gasteiger partial charge on any atom is -0.480 e. The van der Waals surface area contributed by atoms with Crippen molar-refractivity contribution in [3.05, 3.63) is 68.2 Å². The van der Waals surface area contributed by atoms with E-state index in [1.165, 1.54) is 6.07 Å². The molecule has 2 aromatic rings. The summed E-state index contributed by atoms with van der Waals surface area (Å²) in [5, 5.41) is 23.3. The van der Waals surface area contributed by atoms with Gasteiger partial charge in [0.25, 0.3) is 5.69 Å². The smallest absolute Gasteiger partial charge is 0.326 e. The fraction of sp³-hybridized carbons (Fsp3) is 0.133.